The summed E-state index contributed by atoms with van der Waals surface area (Å²) in [5.41, 5.74) is 6.06. The van der Waals surface area contributed by atoms with Crippen molar-refractivity contribution >= 4 is 35.0 Å². The Morgan fingerprint density at radius 1 is 0.933 bits per heavy atom. The van der Waals surface area contributed by atoms with Crippen molar-refractivity contribution in [3.05, 3.63) is 112 Å². The molecule has 0 unspecified atom stereocenters. The number of aliphatic hydroxyl groups excluding tert-OH is 1. The summed E-state index contributed by atoms with van der Waals surface area (Å²) < 4.78 is 0. The van der Waals surface area contributed by atoms with Crippen LogP contribution in [0.25, 0.3) is 11.1 Å². The third kappa shape index (κ3) is 7.54. The molecule has 0 saturated carbocycles. The van der Waals surface area contributed by atoms with Crippen LogP contribution in [-0.4, -0.2) is 75.9 Å². The van der Waals surface area contributed by atoms with Gasteiger partial charge < -0.3 is 25.5 Å². The molecule has 1 aliphatic heterocycles. The Labute approximate surface area is 267 Å². The monoisotopic (exact) mass is 626 g/mol. The van der Waals surface area contributed by atoms with E-state index in [1.165, 1.54) is 0 Å². The Kier molecular flexibility index (Phi) is 10.2. The lowest BCUT2D eigenvalue weighted by Crippen LogP contribution is -2.29. The molecule has 11 heteroatoms. The first-order valence-electron chi connectivity index (χ1n) is 14.7. The zero-order valence-corrected chi connectivity index (χ0v) is 26.0. The number of rotatable bonds is 12. The molecule has 4 aromatic rings. The SMILES string of the molecule is Cc1c(NC(=O)c2ccc(CN3CCN(C)C3=O)cn2)cccc1-c1cccc(CC(=O)c2ccc(CNCCO)cn2)c1Cl. The van der Waals surface area contributed by atoms with Crippen LogP contribution in [-0.2, 0) is 19.5 Å². The number of aliphatic hydroxyl groups is 1. The van der Waals surface area contributed by atoms with Gasteiger partial charge in [0.15, 0.2) is 5.78 Å². The van der Waals surface area contributed by atoms with Crippen LogP contribution in [0.3, 0.4) is 0 Å². The molecule has 0 aliphatic carbocycles. The maximum Gasteiger partial charge on any atom is 0.320 e. The van der Waals surface area contributed by atoms with E-state index in [1.807, 2.05) is 55.5 Å². The molecular weight excluding hydrogens is 592 g/mol. The van der Waals surface area contributed by atoms with Gasteiger partial charge in [-0.15, -0.1) is 0 Å². The summed E-state index contributed by atoms with van der Waals surface area (Å²) in [6.07, 6.45) is 3.36. The van der Waals surface area contributed by atoms with Gasteiger partial charge in [-0.05, 0) is 52.9 Å². The molecule has 0 spiro atoms. The molecule has 5 rings (SSSR count). The van der Waals surface area contributed by atoms with Gasteiger partial charge in [0.2, 0.25) is 0 Å². The van der Waals surface area contributed by atoms with Crippen molar-refractivity contribution in [2.45, 2.75) is 26.4 Å². The van der Waals surface area contributed by atoms with Crippen LogP contribution >= 0.6 is 11.6 Å². The predicted molar refractivity (Wildman–Crippen MR) is 173 cm³/mol. The van der Waals surface area contributed by atoms with Crippen molar-refractivity contribution in [2.75, 3.05) is 38.6 Å². The molecule has 232 valence electrons. The molecule has 3 amide bonds. The molecule has 1 aliphatic rings. The number of aromatic nitrogens is 2. The molecule has 0 atom stereocenters. The maximum atomic E-state index is 13.1. The van der Waals surface area contributed by atoms with Crippen LogP contribution < -0.4 is 10.6 Å². The first-order valence-corrected chi connectivity index (χ1v) is 15.1. The van der Waals surface area contributed by atoms with Crippen molar-refractivity contribution in [1.29, 1.82) is 0 Å². The smallest absolute Gasteiger partial charge is 0.320 e. The molecule has 2 aromatic heterocycles. The number of hydrogen-bond donors (Lipinski definition) is 3. The quantitative estimate of drug-likeness (QED) is 0.153. The summed E-state index contributed by atoms with van der Waals surface area (Å²) in [6, 6.07) is 18.1. The van der Waals surface area contributed by atoms with Gasteiger partial charge >= 0.3 is 6.03 Å². The van der Waals surface area contributed by atoms with Crippen molar-refractivity contribution in [3.63, 3.8) is 0 Å². The van der Waals surface area contributed by atoms with Crippen LogP contribution in [0, 0.1) is 6.92 Å². The largest absolute Gasteiger partial charge is 0.395 e. The van der Waals surface area contributed by atoms with E-state index >= 15 is 0 Å². The van der Waals surface area contributed by atoms with Gasteiger partial charge in [-0.25, -0.2) is 4.79 Å². The Morgan fingerprint density at radius 3 is 2.33 bits per heavy atom. The molecule has 10 nitrogen and oxygen atoms in total. The van der Waals surface area contributed by atoms with E-state index in [-0.39, 0.29) is 36.4 Å². The number of hydrogen-bond acceptors (Lipinski definition) is 7. The number of benzene rings is 2. The number of urea groups is 1. The molecule has 3 heterocycles. The maximum absolute atomic E-state index is 13.1. The van der Waals surface area contributed by atoms with Crippen LogP contribution in [0.5, 0.6) is 0 Å². The Bertz CT molecular complexity index is 1690. The molecule has 1 fully saturated rings. The molecule has 2 aromatic carbocycles. The molecule has 45 heavy (non-hydrogen) atoms. The fourth-order valence-electron chi connectivity index (χ4n) is 5.17. The first-order chi connectivity index (χ1) is 21.7. The van der Waals surface area contributed by atoms with E-state index in [1.54, 1.807) is 41.4 Å². The van der Waals surface area contributed by atoms with Crippen molar-refractivity contribution in [2.24, 2.45) is 0 Å². The number of pyridine rings is 2. The van der Waals surface area contributed by atoms with Gasteiger partial charge in [0.05, 0.1) is 11.6 Å². The first kappa shape index (κ1) is 31.8. The number of amides is 3. The van der Waals surface area contributed by atoms with E-state index < -0.39 is 0 Å². The van der Waals surface area contributed by atoms with Crippen LogP contribution in [0.2, 0.25) is 5.02 Å². The second-order valence-corrected chi connectivity index (χ2v) is 11.3. The van der Waals surface area contributed by atoms with Gasteiger partial charge in [-0.3, -0.25) is 19.6 Å². The third-order valence-electron chi connectivity index (χ3n) is 7.76. The molecular formula is C34H35ClN6O4. The highest BCUT2D eigenvalue weighted by Gasteiger charge is 2.25. The number of anilines is 1. The summed E-state index contributed by atoms with van der Waals surface area (Å²) >= 11 is 6.86. The van der Waals surface area contributed by atoms with Gasteiger partial charge in [0.1, 0.15) is 11.4 Å². The lowest BCUT2D eigenvalue weighted by atomic mass is 9.95. The summed E-state index contributed by atoms with van der Waals surface area (Å²) in [6.45, 7) is 4.79. The number of ketones is 1. The second-order valence-electron chi connectivity index (χ2n) is 10.9. The van der Waals surface area contributed by atoms with E-state index in [9.17, 15) is 14.4 Å². The molecule has 3 N–H and O–H groups in total. The zero-order valence-electron chi connectivity index (χ0n) is 25.2. The number of likely N-dealkylation sites (N-methyl/N-ethyl adjacent to an activating group) is 1. The zero-order chi connectivity index (χ0) is 31.9. The van der Waals surface area contributed by atoms with Gasteiger partial charge in [-0.2, -0.15) is 0 Å². The third-order valence-corrected chi connectivity index (χ3v) is 8.21. The van der Waals surface area contributed by atoms with Crippen molar-refractivity contribution in [1.82, 2.24) is 25.1 Å². The number of nitrogens with one attached hydrogen (secondary N) is 2. The number of Topliss-reactive ketones (excluding diaryl/α,β-unsaturated/α-hetero) is 1. The number of halogens is 1. The number of carbonyl (C=O) groups excluding carboxylic acids is 3. The van der Waals surface area contributed by atoms with Gasteiger partial charge in [0.25, 0.3) is 5.91 Å². The molecule has 1 saturated heterocycles. The average Bonchev–Trinajstić information content (AvgIpc) is 3.36. The topological polar surface area (TPSA) is 128 Å². The van der Waals surface area contributed by atoms with E-state index in [4.69, 9.17) is 16.7 Å². The number of carbonyl (C=O) groups is 3. The summed E-state index contributed by atoms with van der Waals surface area (Å²) in [4.78, 5) is 50.4. The van der Waals surface area contributed by atoms with Crippen molar-refractivity contribution < 1.29 is 19.5 Å². The van der Waals surface area contributed by atoms with E-state index in [0.29, 0.717) is 54.7 Å². The minimum Gasteiger partial charge on any atom is -0.395 e. The highest BCUT2D eigenvalue weighted by atomic mass is 35.5. The van der Waals surface area contributed by atoms with Crippen LogP contribution in [0.4, 0.5) is 10.5 Å². The lowest BCUT2D eigenvalue weighted by Gasteiger charge is -2.16. The lowest BCUT2D eigenvalue weighted by molar-refractivity contribution is 0.0986. The van der Waals surface area contributed by atoms with Crippen molar-refractivity contribution in [3.8, 4) is 11.1 Å². The second kappa shape index (κ2) is 14.4. The minimum atomic E-state index is -0.355. The predicted octanol–water partition coefficient (Wildman–Crippen LogP) is 4.73. The summed E-state index contributed by atoms with van der Waals surface area (Å²) in [5.74, 6) is -0.508. The number of nitrogens with zero attached hydrogens (tertiary/aromatic N) is 4. The standard InChI is InChI=1S/C34H35ClN6O4/c1-22-26(27-7-3-5-25(32(27)35)17-31(43)29-11-9-23(19-37-29)18-36-13-16-42)6-4-8-28(22)39-33(44)30-12-10-24(20-38-30)21-41-15-14-40(2)34(41)45/h3-12,19-20,36,42H,13-18,21H2,1-2H3,(H,39,44). The minimum absolute atomic E-state index is 0.0178. The van der Waals surface area contributed by atoms with E-state index in [0.717, 1.165) is 27.8 Å². The van der Waals surface area contributed by atoms with Gasteiger partial charge in [-0.1, -0.05) is 54.1 Å². The highest BCUT2D eigenvalue weighted by molar-refractivity contribution is 6.34. The Balaban J connectivity index is 1.27. The fourth-order valence-corrected chi connectivity index (χ4v) is 5.46. The van der Waals surface area contributed by atoms with Gasteiger partial charge in [0, 0.05) is 69.8 Å². The van der Waals surface area contributed by atoms with E-state index in [2.05, 4.69) is 20.6 Å². The summed E-state index contributed by atoms with van der Waals surface area (Å²) in [5, 5.41) is 15.4. The highest BCUT2D eigenvalue weighted by Crippen LogP contribution is 2.36. The Hall–Kier alpha value is -4.64. The Morgan fingerprint density at radius 2 is 1.64 bits per heavy atom. The summed E-state index contributed by atoms with van der Waals surface area (Å²) in [7, 11) is 1.78. The molecule has 0 bridgehead atoms. The molecule has 0 radical (unpaired) electrons. The van der Waals surface area contributed by atoms with Crippen LogP contribution in [0.15, 0.2) is 73.1 Å². The fraction of sp³-hybridized carbons (Fsp3) is 0.265. The normalized spacial score (nSPS) is 12.9. The average molecular weight is 627 g/mol. The van der Waals surface area contributed by atoms with Crippen LogP contribution in [0.1, 0.15) is 43.2 Å².